The second-order valence-electron chi connectivity index (χ2n) is 6.21. The molecule has 0 heterocycles. The van der Waals surface area contributed by atoms with E-state index in [-0.39, 0.29) is 18.2 Å². The third-order valence-corrected chi connectivity index (χ3v) is 4.17. The summed E-state index contributed by atoms with van der Waals surface area (Å²) in [6.07, 6.45) is -0.171. The number of amides is 2. The highest BCUT2D eigenvalue weighted by molar-refractivity contribution is 6.04. The van der Waals surface area contributed by atoms with E-state index < -0.39 is 0 Å². The van der Waals surface area contributed by atoms with Crippen LogP contribution in [0.5, 0.6) is 0 Å². The first-order chi connectivity index (χ1) is 13.7. The van der Waals surface area contributed by atoms with E-state index in [2.05, 4.69) is 10.6 Å². The number of anilines is 1. The first-order valence-electron chi connectivity index (χ1n) is 8.85. The Morgan fingerprint density at radius 1 is 0.857 bits per heavy atom. The summed E-state index contributed by atoms with van der Waals surface area (Å²) in [6, 6.07) is 26.4. The zero-order valence-electron chi connectivity index (χ0n) is 15.2. The van der Waals surface area contributed by atoms with Crippen molar-refractivity contribution >= 4 is 17.5 Å². The van der Waals surface area contributed by atoms with Crippen LogP contribution in [0.1, 0.15) is 22.3 Å². The molecule has 2 amide bonds. The standard InChI is InChI=1S/C23H19N3O2/c24-14-13-22(27)25-16-17-5-4-8-21(15-17)26-23(28)20-11-9-19(10-12-20)18-6-2-1-3-7-18/h1-12,15H,13,16H2,(H,25,27)(H,26,28). The topological polar surface area (TPSA) is 82.0 Å². The van der Waals surface area contributed by atoms with Gasteiger partial charge in [-0.25, -0.2) is 0 Å². The summed E-state index contributed by atoms with van der Waals surface area (Å²) >= 11 is 0. The van der Waals surface area contributed by atoms with Crippen molar-refractivity contribution in [3.8, 4) is 17.2 Å². The normalized spacial score (nSPS) is 9.96. The van der Waals surface area contributed by atoms with Gasteiger partial charge < -0.3 is 10.6 Å². The van der Waals surface area contributed by atoms with Crippen LogP contribution in [0.4, 0.5) is 5.69 Å². The Kier molecular flexibility index (Phi) is 6.17. The molecule has 0 atom stereocenters. The van der Waals surface area contributed by atoms with Crippen LogP contribution in [-0.4, -0.2) is 11.8 Å². The van der Waals surface area contributed by atoms with Crippen molar-refractivity contribution in [2.24, 2.45) is 0 Å². The van der Waals surface area contributed by atoms with Crippen LogP contribution in [0.25, 0.3) is 11.1 Å². The average Bonchev–Trinajstić information content (AvgIpc) is 2.73. The van der Waals surface area contributed by atoms with Crippen LogP contribution in [0.2, 0.25) is 0 Å². The molecule has 3 aromatic carbocycles. The smallest absolute Gasteiger partial charge is 0.255 e. The van der Waals surface area contributed by atoms with Crippen LogP contribution in [-0.2, 0) is 11.3 Å². The van der Waals surface area contributed by atoms with Gasteiger partial charge in [0, 0.05) is 17.8 Å². The zero-order chi connectivity index (χ0) is 19.8. The third kappa shape index (κ3) is 5.05. The average molecular weight is 369 g/mol. The fraction of sp³-hybridized carbons (Fsp3) is 0.0870. The molecular formula is C23H19N3O2. The predicted molar refractivity (Wildman–Crippen MR) is 108 cm³/mol. The van der Waals surface area contributed by atoms with Gasteiger partial charge in [0.25, 0.3) is 5.91 Å². The lowest BCUT2D eigenvalue weighted by Gasteiger charge is -2.09. The van der Waals surface area contributed by atoms with Gasteiger partial charge in [-0.05, 0) is 41.0 Å². The monoisotopic (exact) mass is 369 g/mol. The highest BCUT2D eigenvalue weighted by Gasteiger charge is 2.07. The highest BCUT2D eigenvalue weighted by Crippen LogP contribution is 2.20. The van der Waals surface area contributed by atoms with Crippen molar-refractivity contribution in [3.05, 3.63) is 90.0 Å². The molecule has 0 aliphatic heterocycles. The van der Waals surface area contributed by atoms with Gasteiger partial charge in [0.15, 0.2) is 0 Å². The maximum Gasteiger partial charge on any atom is 0.255 e. The van der Waals surface area contributed by atoms with Crippen molar-refractivity contribution in [1.82, 2.24) is 5.32 Å². The molecule has 0 unspecified atom stereocenters. The Bertz CT molecular complexity index is 1010. The number of benzene rings is 3. The number of hydrogen-bond donors (Lipinski definition) is 2. The molecule has 3 aromatic rings. The summed E-state index contributed by atoms with van der Waals surface area (Å²) in [4.78, 5) is 23.9. The van der Waals surface area contributed by atoms with E-state index >= 15 is 0 Å². The largest absolute Gasteiger partial charge is 0.351 e. The molecule has 0 aliphatic carbocycles. The third-order valence-electron chi connectivity index (χ3n) is 4.17. The van der Waals surface area contributed by atoms with E-state index in [0.717, 1.165) is 16.7 Å². The van der Waals surface area contributed by atoms with Crippen molar-refractivity contribution in [2.75, 3.05) is 5.32 Å². The summed E-state index contributed by atoms with van der Waals surface area (Å²) < 4.78 is 0. The summed E-state index contributed by atoms with van der Waals surface area (Å²) in [5.41, 5.74) is 4.19. The molecule has 0 aromatic heterocycles. The lowest BCUT2D eigenvalue weighted by molar-refractivity contribution is -0.120. The number of carbonyl (C=O) groups is 2. The first-order valence-corrected chi connectivity index (χ1v) is 8.85. The van der Waals surface area contributed by atoms with E-state index in [9.17, 15) is 9.59 Å². The molecule has 0 saturated heterocycles. The Balaban J connectivity index is 1.64. The van der Waals surface area contributed by atoms with Crippen molar-refractivity contribution < 1.29 is 9.59 Å². The number of carbonyl (C=O) groups excluding carboxylic acids is 2. The Labute approximate surface area is 163 Å². The molecule has 0 fully saturated rings. The highest BCUT2D eigenvalue weighted by atomic mass is 16.2. The van der Waals surface area contributed by atoms with E-state index in [1.165, 1.54) is 0 Å². The van der Waals surface area contributed by atoms with Gasteiger partial charge >= 0.3 is 0 Å². The Morgan fingerprint density at radius 2 is 1.57 bits per heavy atom. The van der Waals surface area contributed by atoms with Crippen molar-refractivity contribution in [2.45, 2.75) is 13.0 Å². The number of rotatable bonds is 6. The van der Waals surface area contributed by atoms with E-state index in [1.807, 2.05) is 48.5 Å². The quantitative estimate of drug-likeness (QED) is 0.685. The van der Waals surface area contributed by atoms with Crippen LogP contribution >= 0.6 is 0 Å². The maximum absolute atomic E-state index is 12.5. The van der Waals surface area contributed by atoms with Gasteiger partial charge in [-0.2, -0.15) is 5.26 Å². The molecule has 5 nitrogen and oxygen atoms in total. The summed E-state index contributed by atoms with van der Waals surface area (Å²) in [5.74, 6) is -0.527. The fourth-order valence-electron chi connectivity index (χ4n) is 2.74. The molecule has 0 saturated carbocycles. The molecule has 0 radical (unpaired) electrons. The van der Waals surface area contributed by atoms with E-state index in [1.54, 1.807) is 36.4 Å². The van der Waals surface area contributed by atoms with Crippen LogP contribution in [0, 0.1) is 11.3 Å². The van der Waals surface area contributed by atoms with E-state index in [0.29, 0.717) is 17.8 Å². The Hall–Kier alpha value is -3.91. The minimum Gasteiger partial charge on any atom is -0.351 e. The molecule has 0 aliphatic rings. The molecule has 138 valence electrons. The van der Waals surface area contributed by atoms with Gasteiger partial charge in [-0.1, -0.05) is 54.6 Å². The van der Waals surface area contributed by atoms with Crippen LogP contribution < -0.4 is 10.6 Å². The molecule has 0 bridgehead atoms. The van der Waals surface area contributed by atoms with Gasteiger partial charge in [0.1, 0.15) is 6.42 Å². The van der Waals surface area contributed by atoms with Gasteiger partial charge in [-0.15, -0.1) is 0 Å². The van der Waals surface area contributed by atoms with E-state index in [4.69, 9.17) is 5.26 Å². The molecular weight excluding hydrogens is 350 g/mol. The van der Waals surface area contributed by atoms with Gasteiger partial charge in [0.2, 0.25) is 5.91 Å². The second-order valence-corrected chi connectivity index (χ2v) is 6.21. The Morgan fingerprint density at radius 3 is 2.29 bits per heavy atom. The minimum atomic E-state index is -0.324. The zero-order valence-corrected chi connectivity index (χ0v) is 15.2. The second kappa shape index (κ2) is 9.15. The first kappa shape index (κ1) is 18.9. The van der Waals surface area contributed by atoms with Crippen LogP contribution in [0.3, 0.4) is 0 Å². The molecule has 5 heteroatoms. The van der Waals surface area contributed by atoms with Gasteiger partial charge in [-0.3, -0.25) is 9.59 Å². The lowest BCUT2D eigenvalue weighted by Crippen LogP contribution is -2.21. The van der Waals surface area contributed by atoms with Crippen LogP contribution in [0.15, 0.2) is 78.9 Å². The maximum atomic E-state index is 12.5. The van der Waals surface area contributed by atoms with Gasteiger partial charge in [0.05, 0.1) is 6.07 Å². The summed E-state index contributed by atoms with van der Waals surface area (Å²) in [6.45, 7) is 0.302. The number of nitrogens with zero attached hydrogens (tertiary/aromatic N) is 1. The number of nitriles is 1. The molecule has 3 rings (SSSR count). The summed E-state index contributed by atoms with van der Waals surface area (Å²) in [7, 11) is 0. The fourth-order valence-corrected chi connectivity index (χ4v) is 2.74. The lowest BCUT2D eigenvalue weighted by atomic mass is 10.0. The number of nitrogens with one attached hydrogen (secondary N) is 2. The SMILES string of the molecule is N#CCC(=O)NCc1cccc(NC(=O)c2ccc(-c3ccccc3)cc2)c1. The predicted octanol–water partition coefficient (Wildman–Crippen LogP) is 4.14. The molecule has 28 heavy (non-hydrogen) atoms. The van der Waals surface area contributed by atoms with Crippen molar-refractivity contribution in [3.63, 3.8) is 0 Å². The molecule has 2 N–H and O–H groups in total. The molecule has 0 spiro atoms. The number of hydrogen-bond acceptors (Lipinski definition) is 3. The summed E-state index contributed by atoms with van der Waals surface area (Å²) in [5, 5.41) is 14.0. The minimum absolute atomic E-state index is 0.171. The van der Waals surface area contributed by atoms with Crippen molar-refractivity contribution in [1.29, 1.82) is 5.26 Å².